The highest BCUT2D eigenvalue weighted by Crippen LogP contribution is 2.22. The van der Waals surface area contributed by atoms with Crippen molar-refractivity contribution in [1.82, 2.24) is 9.80 Å². The van der Waals surface area contributed by atoms with Gasteiger partial charge in [-0.2, -0.15) is 0 Å². The van der Waals surface area contributed by atoms with Crippen LogP contribution >= 0.6 is 0 Å². The van der Waals surface area contributed by atoms with Gasteiger partial charge in [0.05, 0.1) is 5.56 Å². The number of rotatable bonds is 3. The molecule has 1 aromatic heterocycles. The predicted octanol–water partition coefficient (Wildman–Crippen LogP) is 2.05. The van der Waals surface area contributed by atoms with Gasteiger partial charge in [-0.25, -0.2) is 0 Å². The third-order valence-corrected chi connectivity index (χ3v) is 4.94. The minimum Gasteiger partial charge on any atom is -0.466 e. The fourth-order valence-electron chi connectivity index (χ4n) is 3.36. The van der Waals surface area contributed by atoms with Crippen LogP contribution < -0.4 is 5.73 Å². The predicted molar refractivity (Wildman–Crippen MR) is 98.6 cm³/mol. The van der Waals surface area contributed by atoms with Crippen molar-refractivity contribution in [1.29, 1.82) is 0 Å². The van der Waals surface area contributed by atoms with Crippen LogP contribution in [0.15, 0.2) is 40.8 Å². The maximum absolute atomic E-state index is 12.9. The van der Waals surface area contributed by atoms with E-state index in [1.165, 1.54) is 0 Å². The first-order valence-electron chi connectivity index (χ1n) is 8.81. The summed E-state index contributed by atoms with van der Waals surface area (Å²) in [5.74, 6) is 1.18. The van der Waals surface area contributed by atoms with Crippen LogP contribution in [0.1, 0.15) is 34.4 Å². The number of piperazine rings is 1. The minimum absolute atomic E-state index is 0.0509. The molecule has 1 atom stereocenters. The number of carbonyl (C=O) groups excluding carboxylic acids is 2. The number of benzene rings is 1. The van der Waals surface area contributed by atoms with E-state index in [0.717, 1.165) is 11.3 Å². The van der Waals surface area contributed by atoms with Gasteiger partial charge in [-0.05, 0) is 32.4 Å². The lowest BCUT2D eigenvalue weighted by Gasteiger charge is -2.38. The molecule has 0 bridgehead atoms. The molecular weight excluding hydrogens is 330 g/mol. The zero-order chi connectivity index (χ0) is 18.9. The van der Waals surface area contributed by atoms with Gasteiger partial charge < -0.3 is 20.0 Å². The molecule has 0 spiro atoms. The highest BCUT2D eigenvalue weighted by molar-refractivity contribution is 5.95. The van der Waals surface area contributed by atoms with Crippen LogP contribution in [0.3, 0.4) is 0 Å². The van der Waals surface area contributed by atoms with Crippen molar-refractivity contribution in [3.8, 4) is 0 Å². The molecule has 1 fully saturated rings. The molecule has 1 aliphatic heterocycles. The lowest BCUT2D eigenvalue weighted by atomic mass is 9.91. The second-order valence-electron chi connectivity index (χ2n) is 6.98. The summed E-state index contributed by atoms with van der Waals surface area (Å²) < 4.78 is 5.45. The molecule has 2 N–H and O–H groups in total. The summed E-state index contributed by atoms with van der Waals surface area (Å²) in [4.78, 5) is 29.1. The molecule has 3 rings (SSSR count). The molecule has 0 radical (unpaired) electrons. The van der Waals surface area contributed by atoms with Gasteiger partial charge in [0.2, 0.25) is 5.91 Å². The lowest BCUT2D eigenvalue weighted by Crippen LogP contribution is -2.57. The van der Waals surface area contributed by atoms with E-state index in [9.17, 15) is 9.59 Å². The van der Waals surface area contributed by atoms with Gasteiger partial charge in [-0.3, -0.25) is 9.59 Å². The molecule has 2 aromatic rings. The van der Waals surface area contributed by atoms with Gasteiger partial charge in [0.25, 0.3) is 5.91 Å². The van der Waals surface area contributed by atoms with E-state index in [2.05, 4.69) is 0 Å². The molecule has 1 aliphatic rings. The molecule has 2 heterocycles. The van der Waals surface area contributed by atoms with E-state index in [1.54, 1.807) is 29.7 Å². The summed E-state index contributed by atoms with van der Waals surface area (Å²) in [7, 11) is 0. The van der Waals surface area contributed by atoms with Gasteiger partial charge in [-0.15, -0.1) is 0 Å². The number of hydrogen-bond acceptors (Lipinski definition) is 4. The third-order valence-electron chi connectivity index (χ3n) is 4.94. The van der Waals surface area contributed by atoms with Crippen molar-refractivity contribution in [3.63, 3.8) is 0 Å². The summed E-state index contributed by atoms with van der Waals surface area (Å²) >= 11 is 0. The Morgan fingerprint density at radius 3 is 2.15 bits per heavy atom. The zero-order valence-electron chi connectivity index (χ0n) is 15.5. The van der Waals surface area contributed by atoms with E-state index in [1.807, 2.05) is 37.3 Å². The molecule has 0 saturated carbocycles. The van der Waals surface area contributed by atoms with Crippen molar-refractivity contribution in [2.45, 2.75) is 26.3 Å². The highest BCUT2D eigenvalue weighted by atomic mass is 16.3. The Bertz CT molecular complexity index is 803. The van der Waals surface area contributed by atoms with Crippen molar-refractivity contribution < 1.29 is 14.0 Å². The summed E-state index contributed by atoms with van der Waals surface area (Å²) in [6, 6.07) is 11.1. The van der Waals surface area contributed by atoms with Gasteiger partial charge >= 0.3 is 0 Å². The monoisotopic (exact) mass is 355 g/mol. The second-order valence-corrected chi connectivity index (χ2v) is 6.98. The van der Waals surface area contributed by atoms with Crippen molar-refractivity contribution >= 4 is 11.8 Å². The summed E-state index contributed by atoms with van der Waals surface area (Å²) in [5, 5.41) is 0. The molecule has 6 heteroatoms. The van der Waals surface area contributed by atoms with Crippen molar-refractivity contribution in [2.75, 3.05) is 26.2 Å². The van der Waals surface area contributed by atoms with Gasteiger partial charge in [-0.1, -0.05) is 30.3 Å². The van der Waals surface area contributed by atoms with Gasteiger partial charge in [0.15, 0.2) is 0 Å². The third kappa shape index (κ3) is 3.37. The normalized spacial score (nSPS) is 17.1. The summed E-state index contributed by atoms with van der Waals surface area (Å²) in [6.45, 7) is 7.27. The summed E-state index contributed by atoms with van der Waals surface area (Å²) in [5.41, 5.74) is 6.64. The minimum atomic E-state index is -1.08. The number of nitrogens with two attached hydrogens (primary N) is 1. The second kappa shape index (κ2) is 6.96. The zero-order valence-corrected chi connectivity index (χ0v) is 15.5. The number of aryl methyl sites for hydroxylation is 2. The molecule has 1 unspecified atom stereocenters. The number of carbonyl (C=O) groups is 2. The lowest BCUT2D eigenvalue weighted by molar-refractivity contribution is -0.138. The molecule has 1 aromatic carbocycles. The van der Waals surface area contributed by atoms with Crippen LogP contribution in [0.2, 0.25) is 0 Å². The summed E-state index contributed by atoms with van der Waals surface area (Å²) in [6.07, 6.45) is 0. The Hall–Kier alpha value is -2.60. The van der Waals surface area contributed by atoms with E-state index < -0.39 is 5.54 Å². The first kappa shape index (κ1) is 18.2. The van der Waals surface area contributed by atoms with Crippen molar-refractivity contribution in [3.05, 3.63) is 59.0 Å². The van der Waals surface area contributed by atoms with E-state index in [-0.39, 0.29) is 11.8 Å². The van der Waals surface area contributed by atoms with Crippen LogP contribution in [0.25, 0.3) is 0 Å². The van der Waals surface area contributed by atoms with Crippen LogP contribution in [-0.4, -0.2) is 47.8 Å². The van der Waals surface area contributed by atoms with E-state index >= 15 is 0 Å². The Morgan fingerprint density at radius 2 is 1.62 bits per heavy atom. The van der Waals surface area contributed by atoms with E-state index in [4.69, 9.17) is 10.2 Å². The fourth-order valence-corrected chi connectivity index (χ4v) is 3.36. The number of hydrogen-bond donors (Lipinski definition) is 1. The fraction of sp³-hybridized carbons (Fsp3) is 0.400. The Balaban J connectivity index is 1.66. The largest absolute Gasteiger partial charge is 0.466 e. The molecule has 138 valence electrons. The SMILES string of the molecule is Cc1cc(C(=O)N2CCN(C(=O)C(C)(N)c3ccccc3)CC2)c(C)o1. The highest BCUT2D eigenvalue weighted by Gasteiger charge is 2.36. The van der Waals surface area contributed by atoms with Crippen LogP contribution in [0.4, 0.5) is 0 Å². The van der Waals surface area contributed by atoms with Crippen LogP contribution in [-0.2, 0) is 10.3 Å². The first-order valence-corrected chi connectivity index (χ1v) is 8.81. The molecule has 0 aliphatic carbocycles. The maximum Gasteiger partial charge on any atom is 0.257 e. The average molecular weight is 355 g/mol. The van der Waals surface area contributed by atoms with Crippen LogP contribution in [0, 0.1) is 13.8 Å². The molecule has 26 heavy (non-hydrogen) atoms. The van der Waals surface area contributed by atoms with Crippen molar-refractivity contribution in [2.24, 2.45) is 5.73 Å². The maximum atomic E-state index is 12.9. The first-order chi connectivity index (χ1) is 12.3. The molecule has 1 saturated heterocycles. The number of furan rings is 1. The van der Waals surface area contributed by atoms with Gasteiger partial charge in [0, 0.05) is 26.2 Å². The Kier molecular flexibility index (Phi) is 4.87. The molecule has 2 amide bonds. The number of nitrogens with zero attached hydrogens (tertiary/aromatic N) is 2. The number of amides is 2. The Morgan fingerprint density at radius 1 is 1.04 bits per heavy atom. The standard InChI is InChI=1S/C20H25N3O3/c1-14-13-17(15(2)26-14)18(24)22-9-11-23(12-10-22)19(25)20(3,21)16-7-5-4-6-8-16/h4-8,13H,9-12,21H2,1-3H3. The topological polar surface area (TPSA) is 79.8 Å². The average Bonchev–Trinajstić information content (AvgIpc) is 2.99. The molecule has 6 nitrogen and oxygen atoms in total. The molecular formula is C20H25N3O3. The quantitative estimate of drug-likeness (QED) is 0.914. The van der Waals surface area contributed by atoms with Gasteiger partial charge in [0.1, 0.15) is 17.1 Å². The Labute approximate surface area is 153 Å². The van der Waals surface area contributed by atoms with E-state index in [0.29, 0.717) is 37.5 Å². The smallest absolute Gasteiger partial charge is 0.257 e. The van der Waals surface area contributed by atoms with Crippen LogP contribution in [0.5, 0.6) is 0 Å².